The molecule has 2 aliphatic heterocycles. The van der Waals surface area contributed by atoms with Crippen LogP contribution in [0.15, 0.2) is 23.9 Å². The summed E-state index contributed by atoms with van der Waals surface area (Å²) in [5.74, 6) is -0.295. The molecule has 2 aliphatic rings. The molecule has 0 aromatic heterocycles. The number of amides is 1. The summed E-state index contributed by atoms with van der Waals surface area (Å²) < 4.78 is 9.73. The molecular formula is C12H15NO4. The second kappa shape index (κ2) is 5.03. The van der Waals surface area contributed by atoms with Crippen molar-refractivity contribution < 1.29 is 19.1 Å². The lowest BCUT2D eigenvalue weighted by Crippen LogP contribution is -2.30. The molecule has 0 aromatic rings. The summed E-state index contributed by atoms with van der Waals surface area (Å²) in [6, 6.07) is 0. The number of ether oxygens (including phenoxy) is 2. The predicted molar refractivity (Wildman–Crippen MR) is 60.1 cm³/mol. The van der Waals surface area contributed by atoms with Crippen LogP contribution in [0, 0.1) is 0 Å². The molecule has 92 valence electrons. The molecule has 0 aromatic carbocycles. The van der Waals surface area contributed by atoms with Gasteiger partial charge in [0.2, 0.25) is 0 Å². The van der Waals surface area contributed by atoms with E-state index in [1.54, 1.807) is 17.2 Å². The van der Waals surface area contributed by atoms with Crippen molar-refractivity contribution >= 4 is 12.1 Å². The van der Waals surface area contributed by atoms with Crippen LogP contribution in [0.3, 0.4) is 0 Å². The van der Waals surface area contributed by atoms with E-state index in [9.17, 15) is 9.59 Å². The van der Waals surface area contributed by atoms with E-state index in [1.165, 1.54) is 13.2 Å². The van der Waals surface area contributed by atoms with Crippen molar-refractivity contribution in [1.29, 1.82) is 0 Å². The molecule has 0 fully saturated rings. The molecule has 1 amide bonds. The van der Waals surface area contributed by atoms with E-state index in [0.717, 1.165) is 18.4 Å². The van der Waals surface area contributed by atoms with Crippen molar-refractivity contribution in [2.24, 2.45) is 0 Å². The maximum atomic E-state index is 11.4. The number of rotatable bonds is 2. The molecule has 0 bridgehead atoms. The molecule has 0 radical (unpaired) electrons. The fraction of sp³-hybridized carbons (Fsp3) is 0.500. The van der Waals surface area contributed by atoms with Crippen molar-refractivity contribution in [3.63, 3.8) is 0 Å². The van der Waals surface area contributed by atoms with Crippen LogP contribution in [0.4, 0.5) is 4.79 Å². The third-order valence-electron chi connectivity index (χ3n) is 2.82. The highest BCUT2D eigenvalue weighted by atomic mass is 16.5. The molecular weight excluding hydrogens is 222 g/mol. The summed E-state index contributed by atoms with van der Waals surface area (Å²) in [7, 11) is 1.37. The molecule has 2 heterocycles. The van der Waals surface area contributed by atoms with Gasteiger partial charge in [0.15, 0.2) is 0 Å². The fourth-order valence-electron chi connectivity index (χ4n) is 2.02. The van der Waals surface area contributed by atoms with Gasteiger partial charge in [-0.3, -0.25) is 4.90 Å². The molecule has 0 N–H and O–H groups in total. The maximum absolute atomic E-state index is 11.4. The molecule has 5 nitrogen and oxygen atoms in total. The van der Waals surface area contributed by atoms with Gasteiger partial charge in [-0.25, -0.2) is 9.59 Å². The van der Waals surface area contributed by atoms with Crippen molar-refractivity contribution in [2.75, 3.05) is 13.7 Å². The Morgan fingerprint density at radius 3 is 3.12 bits per heavy atom. The number of hydrogen-bond donors (Lipinski definition) is 0. The minimum atomic E-state index is -0.346. The van der Waals surface area contributed by atoms with Crippen LogP contribution in [0.1, 0.15) is 19.3 Å². The highest BCUT2D eigenvalue weighted by Crippen LogP contribution is 2.23. The second-order valence-electron chi connectivity index (χ2n) is 4.09. The number of hydrogen-bond acceptors (Lipinski definition) is 4. The number of carbonyl (C=O) groups excluding carboxylic acids is 2. The number of carbonyl (C=O) groups is 2. The molecule has 0 saturated heterocycles. The highest BCUT2D eigenvalue weighted by Gasteiger charge is 2.22. The first-order chi connectivity index (χ1) is 8.19. The van der Waals surface area contributed by atoms with Crippen LogP contribution in [0.25, 0.3) is 0 Å². The van der Waals surface area contributed by atoms with E-state index in [1.807, 2.05) is 0 Å². The molecule has 1 atom stereocenters. The van der Waals surface area contributed by atoms with Crippen molar-refractivity contribution in [1.82, 2.24) is 4.90 Å². The van der Waals surface area contributed by atoms with Crippen LogP contribution in [0.2, 0.25) is 0 Å². The quantitative estimate of drug-likeness (QED) is 0.684. The zero-order valence-corrected chi connectivity index (χ0v) is 9.72. The SMILES string of the molecule is COC(=O)N1C=C(CC2C=CC(=O)O2)CCC1. The zero-order chi connectivity index (χ0) is 12.3. The summed E-state index contributed by atoms with van der Waals surface area (Å²) in [5.41, 5.74) is 1.10. The lowest BCUT2D eigenvalue weighted by Gasteiger charge is -2.24. The van der Waals surface area contributed by atoms with Gasteiger partial charge >= 0.3 is 12.1 Å². The Labute approximate surface area is 99.7 Å². The van der Waals surface area contributed by atoms with Gasteiger partial charge in [0.1, 0.15) is 6.10 Å². The van der Waals surface area contributed by atoms with Gasteiger partial charge in [0.05, 0.1) is 7.11 Å². The number of cyclic esters (lactones) is 1. The number of esters is 1. The molecule has 0 saturated carbocycles. The van der Waals surface area contributed by atoms with Crippen LogP contribution in [0.5, 0.6) is 0 Å². The van der Waals surface area contributed by atoms with E-state index in [2.05, 4.69) is 4.74 Å². The summed E-state index contributed by atoms with van der Waals surface area (Å²) in [5, 5.41) is 0. The zero-order valence-electron chi connectivity index (χ0n) is 9.72. The van der Waals surface area contributed by atoms with Crippen molar-refractivity contribution in [3.8, 4) is 0 Å². The molecule has 0 aliphatic carbocycles. The normalized spacial score (nSPS) is 23.4. The van der Waals surface area contributed by atoms with Gasteiger partial charge in [-0.2, -0.15) is 0 Å². The van der Waals surface area contributed by atoms with Gasteiger partial charge < -0.3 is 9.47 Å². The van der Waals surface area contributed by atoms with E-state index in [-0.39, 0.29) is 18.2 Å². The fourth-order valence-corrected chi connectivity index (χ4v) is 2.02. The van der Waals surface area contributed by atoms with E-state index in [4.69, 9.17) is 4.74 Å². The van der Waals surface area contributed by atoms with Crippen LogP contribution in [-0.2, 0) is 14.3 Å². The first kappa shape index (κ1) is 11.7. The Morgan fingerprint density at radius 2 is 2.47 bits per heavy atom. The summed E-state index contributed by atoms with van der Waals surface area (Å²) in [6.45, 7) is 0.677. The molecule has 1 unspecified atom stereocenters. The van der Waals surface area contributed by atoms with E-state index < -0.39 is 0 Å². The van der Waals surface area contributed by atoms with Crippen LogP contribution >= 0.6 is 0 Å². The lowest BCUT2D eigenvalue weighted by molar-refractivity contribution is -0.138. The first-order valence-electron chi connectivity index (χ1n) is 5.62. The Morgan fingerprint density at radius 1 is 1.65 bits per heavy atom. The van der Waals surface area contributed by atoms with Crippen LogP contribution < -0.4 is 0 Å². The largest absolute Gasteiger partial charge is 0.455 e. The molecule has 17 heavy (non-hydrogen) atoms. The smallest absolute Gasteiger partial charge is 0.413 e. The van der Waals surface area contributed by atoms with Gasteiger partial charge in [-0.05, 0) is 24.5 Å². The average molecular weight is 237 g/mol. The van der Waals surface area contributed by atoms with Gasteiger partial charge in [0.25, 0.3) is 0 Å². The predicted octanol–water partition coefficient (Wildman–Crippen LogP) is 1.60. The van der Waals surface area contributed by atoms with E-state index >= 15 is 0 Å². The minimum absolute atomic E-state index is 0.189. The van der Waals surface area contributed by atoms with Gasteiger partial charge in [0, 0.05) is 25.2 Å². The Hall–Kier alpha value is -1.78. The van der Waals surface area contributed by atoms with Crippen LogP contribution in [-0.4, -0.2) is 36.7 Å². The summed E-state index contributed by atoms with van der Waals surface area (Å²) in [4.78, 5) is 23.8. The topological polar surface area (TPSA) is 55.8 Å². The first-order valence-corrected chi connectivity index (χ1v) is 5.62. The van der Waals surface area contributed by atoms with Gasteiger partial charge in [-0.1, -0.05) is 0 Å². The molecule has 2 rings (SSSR count). The average Bonchev–Trinajstić information content (AvgIpc) is 2.74. The summed E-state index contributed by atoms with van der Waals surface area (Å²) in [6.07, 6.45) is 6.94. The lowest BCUT2D eigenvalue weighted by atomic mass is 10.0. The Balaban J connectivity index is 1.96. The minimum Gasteiger partial charge on any atom is -0.455 e. The molecule has 5 heteroatoms. The third kappa shape index (κ3) is 2.87. The standard InChI is InChI=1S/C12H15NO4/c1-16-12(15)13-6-2-3-9(8-13)7-10-4-5-11(14)17-10/h4-5,8,10H,2-3,6-7H2,1H3. The Bertz CT molecular complexity index is 386. The van der Waals surface area contributed by atoms with Gasteiger partial charge in [-0.15, -0.1) is 0 Å². The summed E-state index contributed by atoms with van der Waals surface area (Å²) >= 11 is 0. The third-order valence-corrected chi connectivity index (χ3v) is 2.82. The number of methoxy groups -OCH3 is 1. The van der Waals surface area contributed by atoms with E-state index in [0.29, 0.717) is 13.0 Å². The van der Waals surface area contributed by atoms with Crippen molar-refractivity contribution in [2.45, 2.75) is 25.4 Å². The monoisotopic (exact) mass is 237 g/mol. The number of nitrogens with zero attached hydrogens (tertiary/aromatic N) is 1. The molecule has 0 spiro atoms. The Kier molecular flexibility index (Phi) is 3.46. The second-order valence-corrected chi connectivity index (χ2v) is 4.09. The maximum Gasteiger partial charge on any atom is 0.413 e. The van der Waals surface area contributed by atoms with Crippen molar-refractivity contribution in [3.05, 3.63) is 23.9 Å². The highest BCUT2D eigenvalue weighted by molar-refractivity contribution is 5.84.